The van der Waals surface area contributed by atoms with E-state index in [1.165, 1.54) is 0 Å². The lowest BCUT2D eigenvalue weighted by Gasteiger charge is -2.30. The van der Waals surface area contributed by atoms with Crippen molar-refractivity contribution >= 4 is 17.3 Å². The van der Waals surface area contributed by atoms with E-state index in [0.717, 1.165) is 18.5 Å². The predicted octanol–water partition coefficient (Wildman–Crippen LogP) is 1.84. The fraction of sp³-hybridized carbons (Fsp3) is 0.533. The summed E-state index contributed by atoms with van der Waals surface area (Å²) in [6.07, 6.45) is 1.75. The zero-order valence-electron chi connectivity index (χ0n) is 12.5. The molecule has 0 unspecified atom stereocenters. The molecule has 0 saturated heterocycles. The summed E-state index contributed by atoms with van der Waals surface area (Å²) in [5.41, 5.74) is 7.65. The fourth-order valence-corrected chi connectivity index (χ4v) is 2.06. The number of nitrogen functional groups attached to an aromatic ring is 1. The molecule has 112 valence electrons. The van der Waals surface area contributed by atoms with E-state index in [9.17, 15) is 9.90 Å². The molecule has 5 heteroatoms. The number of carbonyl (C=O) groups is 1. The highest BCUT2D eigenvalue weighted by Crippen LogP contribution is 2.28. The Morgan fingerprint density at radius 1 is 1.35 bits per heavy atom. The standard InChI is InChI=1S/C15H25N3O2/c1-4-15(5-2,10-19)9-18-13-8-11(14(20)17-3)6-7-12(13)16/h6-8,18-19H,4-5,9-10,16H2,1-3H3,(H,17,20). The SMILES string of the molecule is CCC(CC)(CO)CNc1cc(C(=O)NC)ccc1N. The number of hydrogen-bond donors (Lipinski definition) is 4. The smallest absolute Gasteiger partial charge is 0.251 e. The molecular weight excluding hydrogens is 254 g/mol. The Morgan fingerprint density at radius 3 is 2.50 bits per heavy atom. The van der Waals surface area contributed by atoms with Gasteiger partial charge in [-0.25, -0.2) is 0 Å². The molecule has 1 rings (SSSR count). The van der Waals surface area contributed by atoms with Crippen molar-refractivity contribution < 1.29 is 9.90 Å². The quantitative estimate of drug-likeness (QED) is 0.574. The molecule has 0 aliphatic rings. The maximum atomic E-state index is 11.6. The fourth-order valence-electron chi connectivity index (χ4n) is 2.06. The minimum atomic E-state index is -0.157. The van der Waals surface area contributed by atoms with Gasteiger partial charge in [0.25, 0.3) is 5.91 Å². The summed E-state index contributed by atoms with van der Waals surface area (Å²) in [6.45, 7) is 4.87. The monoisotopic (exact) mass is 279 g/mol. The molecule has 1 amide bonds. The summed E-state index contributed by atoms with van der Waals surface area (Å²) in [5, 5.41) is 15.4. The van der Waals surface area contributed by atoms with Gasteiger partial charge < -0.3 is 21.5 Å². The van der Waals surface area contributed by atoms with Crippen LogP contribution in [0.4, 0.5) is 11.4 Å². The van der Waals surface area contributed by atoms with E-state index < -0.39 is 0 Å². The summed E-state index contributed by atoms with van der Waals surface area (Å²) >= 11 is 0. The van der Waals surface area contributed by atoms with Gasteiger partial charge in [0.05, 0.1) is 18.0 Å². The van der Waals surface area contributed by atoms with E-state index in [2.05, 4.69) is 24.5 Å². The largest absolute Gasteiger partial charge is 0.397 e. The minimum Gasteiger partial charge on any atom is -0.397 e. The number of carbonyl (C=O) groups excluding carboxylic acids is 1. The lowest BCUT2D eigenvalue weighted by Crippen LogP contribution is -2.32. The Balaban J connectivity index is 2.89. The Morgan fingerprint density at radius 2 is 2.00 bits per heavy atom. The van der Waals surface area contributed by atoms with E-state index in [0.29, 0.717) is 17.8 Å². The second-order valence-corrected chi connectivity index (χ2v) is 5.10. The molecule has 1 aromatic carbocycles. The maximum Gasteiger partial charge on any atom is 0.251 e. The van der Waals surface area contributed by atoms with E-state index in [1.807, 2.05) is 0 Å². The molecule has 5 N–H and O–H groups in total. The number of anilines is 2. The Bertz CT molecular complexity index is 448. The van der Waals surface area contributed by atoms with Crippen molar-refractivity contribution in [2.75, 3.05) is 31.2 Å². The van der Waals surface area contributed by atoms with Crippen molar-refractivity contribution in [3.63, 3.8) is 0 Å². The minimum absolute atomic E-state index is 0.127. The van der Waals surface area contributed by atoms with Crippen LogP contribution >= 0.6 is 0 Å². The molecule has 0 fully saturated rings. The predicted molar refractivity (Wildman–Crippen MR) is 82.8 cm³/mol. The number of nitrogens with one attached hydrogen (secondary N) is 2. The Labute approximate surface area is 120 Å². The third kappa shape index (κ3) is 3.63. The molecule has 0 spiro atoms. The van der Waals surface area contributed by atoms with Gasteiger partial charge in [-0.05, 0) is 31.0 Å². The van der Waals surface area contributed by atoms with Crippen LogP contribution < -0.4 is 16.4 Å². The van der Waals surface area contributed by atoms with Crippen LogP contribution in [-0.2, 0) is 0 Å². The van der Waals surface area contributed by atoms with Gasteiger partial charge >= 0.3 is 0 Å². The first-order chi connectivity index (χ1) is 9.51. The summed E-state index contributed by atoms with van der Waals surface area (Å²) < 4.78 is 0. The van der Waals surface area contributed by atoms with Gasteiger partial charge in [0.1, 0.15) is 0 Å². The molecule has 0 saturated carbocycles. The zero-order valence-corrected chi connectivity index (χ0v) is 12.5. The van der Waals surface area contributed by atoms with Crippen LogP contribution in [-0.4, -0.2) is 31.2 Å². The van der Waals surface area contributed by atoms with E-state index in [1.54, 1.807) is 25.2 Å². The first-order valence-corrected chi connectivity index (χ1v) is 6.98. The molecule has 1 aromatic rings. The van der Waals surface area contributed by atoms with Gasteiger partial charge in [0.2, 0.25) is 0 Å². The number of aliphatic hydroxyl groups excluding tert-OH is 1. The van der Waals surface area contributed by atoms with Crippen LogP contribution in [0.1, 0.15) is 37.0 Å². The van der Waals surface area contributed by atoms with Gasteiger partial charge in [-0.2, -0.15) is 0 Å². The molecule has 0 atom stereocenters. The number of amides is 1. The maximum absolute atomic E-state index is 11.6. The third-order valence-electron chi connectivity index (χ3n) is 4.03. The van der Waals surface area contributed by atoms with Crippen LogP contribution in [0, 0.1) is 5.41 Å². The lowest BCUT2D eigenvalue weighted by molar-refractivity contribution is 0.0963. The number of hydrogen-bond acceptors (Lipinski definition) is 4. The third-order valence-corrected chi connectivity index (χ3v) is 4.03. The molecule has 20 heavy (non-hydrogen) atoms. The van der Waals surface area contributed by atoms with Gasteiger partial charge in [0, 0.05) is 24.6 Å². The molecular formula is C15H25N3O2. The molecule has 5 nitrogen and oxygen atoms in total. The van der Waals surface area contributed by atoms with Crippen molar-refractivity contribution in [2.45, 2.75) is 26.7 Å². The highest BCUT2D eigenvalue weighted by molar-refractivity contribution is 5.96. The second-order valence-electron chi connectivity index (χ2n) is 5.10. The average Bonchev–Trinajstić information content (AvgIpc) is 2.50. The van der Waals surface area contributed by atoms with Crippen LogP contribution in [0.15, 0.2) is 18.2 Å². The van der Waals surface area contributed by atoms with E-state index >= 15 is 0 Å². The Hall–Kier alpha value is -1.75. The van der Waals surface area contributed by atoms with Crippen LogP contribution in [0.2, 0.25) is 0 Å². The molecule has 0 radical (unpaired) electrons. The van der Waals surface area contributed by atoms with Crippen molar-refractivity contribution in [3.05, 3.63) is 23.8 Å². The number of benzene rings is 1. The number of rotatable bonds is 7. The normalized spacial score (nSPS) is 11.2. The topological polar surface area (TPSA) is 87.4 Å². The van der Waals surface area contributed by atoms with Crippen molar-refractivity contribution in [1.82, 2.24) is 5.32 Å². The summed E-state index contributed by atoms with van der Waals surface area (Å²) in [5.74, 6) is -0.146. The van der Waals surface area contributed by atoms with Gasteiger partial charge in [-0.15, -0.1) is 0 Å². The highest BCUT2D eigenvalue weighted by atomic mass is 16.3. The lowest BCUT2D eigenvalue weighted by atomic mass is 9.83. The van der Waals surface area contributed by atoms with Crippen LogP contribution in [0.5, 0.6) is 0 Å². The van der Waals surface area contributed by atoms with Crippen LogP contribution in [0.3, 0.4) is 0 Å². The second kappa shape index (κ2) is 7.14. The zero-order chi connectivity index (χ0) is 15.2. The van der Waals surface area contributed by atoms with Crippen molar-refractivity contribution in [1.29, 1.82) is 0 Å². The van der Waals surface area contributed by atoms with Crippen LogP contribution in [0.25, 0.3) is 0 Å². The Kier molecular flexibility index (Phi) is 5.82. The first-order valence-electron chi connectivity index (χ1n) is 6.98. The van der Waals surface area contributed by atoms with E-state index in [-0.39, 0.29) is 17.9 Å². The van der Waals surface area contributed by atoms with Crippen molar-refractivity contribution in [2.24, 2.45) is 5.41 Å². The molecule has 0 bridgehead atoms. The average molecular weight is 279 g/mol. The molecule has 0 aliphatic heterocycles. The summed E-state index contributed by atoms with van der Waals surface area (Å²) in [4.78, 5) is 11.6. The molecule has 0 heterocycles. The first kappa shape index (κ1) is 16.3. The van der Waals surface area contributed by atoms with Gasteiger partial charge in [0.15, 0.2) is 0 Å². The molecule has 0 aromatic heterocycles. The van der Waals surface area contributed by atoms with E-state index in [4.69, 9.17) is 5.73 Å². The van der Waals surface area contributed by atoms with Gasteiger partial charge in [-0.1, -0.05) is 13.8 Å². The number of nitrogens with two attached hydrogens (primary N) is 1. The summed E-state index contributed by atoms with van der Waals surface area (Å²) in [7, 11) is 1.59. The highest BCUT2D eigenvalue weighted by Gasteiger charge is 2.25. The summed E-state index contributed by atoms with van der Waals surface area (Å²) in [6, 6.07) is 5.14. The number of aliphatic hydroxyl groups is 1. The van der Waals surface area contributed by atoms with Crippen molar-refractivity contribution in [3.8, 4) is 0 Å². The van der Waals surface area contributed by atoms with Gasteiger partial charge in [-0.3, -0.25) is 4.79 Å². The molecule has 0 aliphatic carbocycles.